The first-order chi connectivity index (χ1) is 11.9. The molecule has 0 aromatic heterocycles. The molecule has 2 aliphatic rings. The number of hydrogen-bond acceptors (Lipinski definition) is 6. The van der Waals surface area contributed by atoms with Gasteiger partial charge in [0, 0.05) is 16.5 Å². The molecule has 25 heavy (non-hydrogen) atoms. The zero-order chi connectivity index (χ0) is 18.0. The number of aliphatic hydroxyl groups excluding tert-OH is 1. The van der Waals surface area contributed by atoms with Crippen LogP contribution in [-0.2, 0) is 9.59 Å². The van der Waals surface area contributed by atoms with Crippen molar-refractivity contribution >= 4 is 69.6 Å². The Morgan fingerprint density at radius 3 is 2.96 bits per heavy atom. The lowest BCUT2D eigenvalue weighted by Crippen LogP contribution is -2.47. The molecule has 0 aliphatic carbocycles. The molecular formula is C16H15ClN2O3S3. The zero-order valence-corrected chi connectivity index (χ0v) is 16.2. The van der Waals surface area contributed by atoms with Gasteiger partial charge in [0.1, 0.15) is 10.9 Å². The van der Waals surface area contributed by atoms with Crippen LogP contribution in [0.3, 0.4) is 0 Å². The Hall–Kier alpha value is -1.06. The molecule has 0 saturated carbocycles. The molecule has 2 aliphatic heterocycles. The molecule has 2 N–H and O–H groups in total. The van der Waals surface area contributed by atoms with Gasteiger partial charge in [-0.05, 0) is 23.8 Å². The second-order valence-electron chi connectivity index (χ2n) is 5.60. The average molecular weight is 415 g/mol. The van der Waals surface area contributed by atoms with Crippen LogP contribution in [-0.4, -0.2) is 56.3 Å². The van der Waals surface area contributed by atoms with Crippen molar-refractivity contribution in [1.82, 2.24) is 10.2 Å². The van der Waals surface area contributed by atoms with Crippen molar-refractivity contribution in [2.24, 2.45) is 0 Å². The standard InChI is InChI=1S/C16H15ClN2O3S3/c17-10-3-1-2-9(4-10)5-13-15(22)19(16(23)25-13)6-14(21)18-11-7-24-8-12(11)20/h1-5,11-12,20H,6-8H2,(H,18,21)/b13-5+/t11-,12-/m1/s1. The van der Waals surface area contributed by atoms with Crippen molar-refractivity contribution in [3.05, 3.63) is 39.8 Å². The predicted molar refractivity (Wildman–Crippen MR) is 107 cm³/mol. The number of rotatable bonds is 4. The summed E-state index contributed by atoms with van der Waals surface area (Å²) in [6.07, 6.45) is 1.16. The highest BCUT2D eigenvalue weighted by atomic mass is 35.5. The third kappa shape index (κ3) is 4.57. The SMILES string of the molecule is O=C(CN1C(=O)/C(=C\c2cccc(Cl)c2)SC1=S)N[C@@H]1CSC[C@H]1O. The Kier molecular flexibility index (Phi) is 6.06. The molecule has 0 spiro atoms. The molecule has 2 atom stereocenters. The summed E-state index contributed by atoms with van der Waals surface area (Å²) < 4.78 is 0.342. The minimum Gasteiger partial charge on any atom is -0.390 e. The number of amides is 2. The first-order valence-electron chi connectivity index (χ1n) is 7.50. The van der Waals surface area contributed by atoms with E-state index in [9.17, 15) is 14.7 Å². The van der Waals surface area contributed by atoms with Crippen molar-refractivity contribution in [3.63, 3.8) is 0 Å². The fourth-order valence-electron chi connectivity index (χ4n) is 2.46. The number of nitrogens with zero attached hydrogens (tertiary/aromatic N) is 1. The van der Waals surface area contributed by atoms with E-state index in [0.717, 1.165) is 17.3 Å². The van der Waals surface area contributed by atoms with Gasteiger partial charge in [0.25, 0.3) is 5.91 Å². The van der Waals surface area contributed by atoms with E-state index in [1.807, 2.05) is 6.07 Å². The monoisotopic (exact) mass is 414 g/mol. The Balaban J connectivity index is 1.66. The molecule has 2 saturated heterocycles. The van der Waals surface area contributed by atoms with Crippen LogP contribution in [0.15, 0.2) is 29.2 Å². The fourth-order valence-corrected chi connectivity index (χ4v) is 5.08. The summed E-state index contributed by atoms with van der Waals surface area (Å²) in [5.74, 6) is 0.646. The Morgan fingerprint density at radius 2 is 2.28 bits per heavy atom. The van der Waals surface area contributed by atoms with Gasteiger partial charge in [-0.1, -0.05) is 47.7 Å². The fraction of sp³-hybridized carbons (Fsp3) is 0.312. The number of carbonyl (C=O) groups is 2. The smallest absolute Gasteiger partial charge is 0.266 e. The van der Waals surface area contributed by atoms with Crippen LogP contribution in [0, 0.1) is 0 Å². The van der Waals surface area contributed by atoms with Crippen molar-refractivity contribution in [3.8, 4) is 0 Å². The van der Waals surface area contributed by atoms with E-state index in [4.69, 9.17) is 23.8 Å². The normalized spacial score (nSPS) is 25.0. The quantitative estimate of drug-likeness (QED) is 0.581. The number of halogens is 1. The van der Waals surface area contributed by atoms with Crippen LogP contribution in [0.5, 0.6) is 0 Å². The summed E-state index contributed by atoms with van der Waals surface area (Å²) >= 11 is 13.9. The third-order valence-corrected chi connectivity index (χ3v) is 6.50. The van der Waals surface area contributed by atoms with E-state index in [1.165, 1.54) is 4.90 Å². The van der Waals surface area contributed by atoms with E-state index in [-0.39, 0.29) is 24.4 Å². The molecule has 1 aromatic carbocycles. The van der Waals surface area contributed by atoms with E-state index in [1.54, 1.807) is 36.0 Å². The van der Waals surface area contributed by atoms with Gasteiger partial charge in [0.15, 0.2) is 0 Å². The summed E-state index contributed by atoms with van der Waals surface area (Å²) in [6, 6.07) is 6.86. The third-order valence-electron chi connectivity index (χ3n) is 3.72. The highest BCUT2D eigenvalue weighted by molar-refractivity contribution is 8.26. The van der Waals surface area contributed by atoms with E-state index >= 15 is 0 Å². The largest absolute Gasteiger partial charge is 0.390 e. The molecule has 2 amide bonds. The van der Waals surface area contributed by atoms with Gasteiger partial charge in [0.05, 0.1) is 17.1 Å². The lowest BCUT2D eigenvalue weighted by Gasteiger charge is -2.18. The maximum Gasteiger partial charge on any atom is 0.266 e. The molecule has 2 fully saturated rings. The molecule has 9 heteroatoms. The number of thioether (sulfide) groups is 2. The summed E-state index contributed by atoms with van der Waals surface area (Å²) in [7, 11) is 0. The summed E-state index contributed by atoms with van der Waals surface area (Å²) in [5.41, 5.74) is 0.795. The number of benzene rings is 1. The Bertz CT molecular complexity index is 756. The van der Waals surface area contributed by atoms with Crippen LogP contribution in [0.4, 0.5) is 0 Å². The van der Waals surface area contributed by atoms with Crippen LogP contribution >= 0.6 is 47.3 Å². The van der Waals surface area contributed by atoms with E-state index in [0.29, 0.717) is 25.8 Å². The molecular weight excluding hydrogens is 400 g/mol. The van der Waals surface area contributed by atoms with Gasteiger partial charge in [-0.3, -0.25) is 14.5 Å². The summed E-state index contributed by atoms with van der Waals surface area (Å²) in [4.78, 5) is 26.4. The number of aliphatic hydroxyl groups is 1. The van der Waals surface area contributed by atoms with Gasteiger partial charge < -0.3 is 10.4 Å². The van der Waals surface area contributed by atoms with Gasteiger partial charge in [-0.25, -0.2) is 0 Å². The summed E-state index contributed by atoms with van der Waals surface area (Å²) in [6.45, 7) is -0.147. The minimum absolute atomic E-state index is 0.147. The van der Waals surface area contributed by atoms with Gasteiger partial charge in [-0.2, -0.15) is 11.8 Å². The van der Waals surface area contributed by atoms with Crippen LogP contribution < -0.4 is 5.32 Å². The van der Waals surface area contributed by atoms with Crippen molar-refractivity contribution in [1.29, 1.82) is 0 Å². The Morgan fingerprint density at radius 1 is 1.48 bits per heavy atom. The zero-order valence-electron chi connectivity index (χ0n) is 13.0. The lowest BCUT2D eigenvalue weighted by molar-refractivity contribution is -0.129. The van der Waals surface area contributed by atoms with Crippen LogP contribution in [0.25, 0.3) is 6.08 Å². The highest BCUT2D eigenvalue weighted by Gasteiger charge is 2.34. The second-order valence-corrected chi connectivity index (χ2v) is 8.79. The second kappa shape index (κ2) is 8.09. The van der Waals surface area contributed by atoms with Crippen molar-refractivity contribution in [2.45, 2.75) is 12.1 Å². The maximum atomic E-state index is 12.5. The van der Waals surface area contributed by atoms with E-state index in [2.05, 4.69) is 5.32 Å². The number of carbonyl (C=O) groups excluding carboxylic acids is 2. The van der Waals surface area contributed by atoms with E-state index < -0.39 is 6.10 Å². The average Bonchev–Trinajstić information content (AvgIpc) is 3.06. The predicted octanol–water partition coefficient (Wildman–Crippen LogP) is 2.13. The first kappa shape index (κ1) is 18.7. The number of nitrogens with one attached hydrogen (secondary N) is 1. The van der Waals surface area contributed by atoms with Gasteiger partial charge in [0.2, 0.25) is 5.91 Å². The van der Waals surface area contributed by atoms with Crippen molar-refractivity contribution < 1.29 is 14.7 Å². The number of thiocarbonyl (C=S) groups is 1. The molecule has 1 aromatic rings. The highest BCUT2D eigenvalue weighted by Crippen LogP contribution is 2.32. The molecule has 2 heterocycles. The van der Waals surface area contributed by atoms with Gasteiger partial charge >= 0.3 is 0 Å². The van der Waals surface area contributed by atoms with Crippen LogP contribution in [0.2, 0.25) is 5.02 Å². The molecule has 0 bridgehead atoms. The molecule has 132 valence electrons. The van der Waals surface area contributed by atoms with Gasteiger partial charge in [-0.15, -0.1) is 0 Å². The topological polar surface area (TPSA) is 69.6 Å². The molecule has 5 nitrogen and oxygen atoms in total. The lowest BCUT2D eigenvalue weighted by atomic mass is 10.2. The molecule has 3 rings (SSSR count). The van der Waals surface area contributed by atoms with Crippen LogP contribution in [0.1, 0.15) is 5.56 Å². The maximum absolute atomic E-state index is 12.5. The minimum atomic E-state index is -0.553. The number of hydrogen-bond donors (Lipinski definition) is 2. The summed E-state index contributed by atoms with van der Waals surface area (Å²) in [5, 5.41) is 13.1. The van der Waals surface area contributed by atoms with Crippen molar-refractivity contribution in [2.75, 3.05) is 18.1 Å². The Labute approximate surface area is 164 Å². The molecule has 0 unspecified atom stereocenters. The first-order valence-corrected chi connectivity index (χ1v) is 10.3. The molecule has 0 radical (unpaired) electrons.